The van der Waals surface area contributed by atoms with Gasteiger partial charge >= 0.3 is 0 Å². The molecule has 0 aliphatic carbocycles. The number of rotatable bonds is 4. The summed E-state index contributed by atoms with van der Waals surface area (Å²) in [6.45, 7) is 2.75. The van der Waals surface area contributed by atoms with Gasteiger partial charge in [0.1, 0.15) is 17.5 Å². The fourth-order valence-electron chi connectivity index (χ4n) is 1.83. The topological polar surface area (TPSA) is 55.0 Å². The number of nitrogen functional groups attached to an aromatic ring is 1. The highest BCUT2D eigenvalue weighted by Crippen LogP contribution is 2.13. The fourth-order valence-corrected chi connectivity index (χ4v) is 1.83. The summed E-state index contributed by atoms with van der Waals surface area (Å²) in [6.07, 6.45) is 0.986. The summed E-state index contributed by atoms with van der Waals surface area (Å²) in [7, 11) is 2.02. The van der Waals surface area contributed by atoms with Crippen LogP contribution >= 0.6 is 0 Å². The highest BCUT2D eigenvalue weighted by molar-refractivity contribution is 5.46. The predicted molar refractivity (Wildman–Crippen MR) is 74.6 cm³/mol. The van der Waals surface area contributed by atoms with Gasteiger partial charge in [0.05, 0.1) is 0 Å². The van der Waals surface area contributed by atoms with E-state index in [0.29, 0.717) is 11.6 Å². The first-order valence-electron chi connectivity index (χ1n) is 6.01. The Morgan fingerprint density at radius 2 is 1.89 bits per heavy atom. The van der Waals surface area contributed by atoms with Gasteiger partial charge in [-0.3, -0.25) is 0 Å². The average Bonchev–Trinajstić information content (AvgIpc) is 2.36. The smallest absolute Gasteiger partial charge is 0.134 e. The lowest BCUT2D eigenvalue weighted by molar-refractivity contribution is 0.850. The summed E-state index contributed by atoms with van der Waals surface area (Å²) < 4.78 is 0. The Bertz CT molecular complexity index is 490. The summed E-state index contributed by atoms with van der Waals surface area (Å²) in [5.74, 6) is 2.09. The molecule has 1 heterocycles. The molecular formula is C14H18N4. The molecule has 0 aliphatic rings. The first-order valence-corrected chi connectivity index (χ1v) is 6.01. The van der Waals surface area contributed by atoms with Crippen LogP contribution in [0.2, 0.25) is 0 Å². The maximum absolute atomic E-state index is 5.73. The molecule has 0 radical (unpaired) electrons. The lowest BCUT2D eigenvalue weighted by Gasteiger charge is -2.18. The number of hydrogen-bond donors (Lipinski definition) is 1. The first kappa shape index (κ1) is 12.4. The monoisotopic (exact) mass is 242 g/mol. The Hall–Kier alpha value is -2.10. The largest absolute Gasteiger partial charge is 0.384 e. The third kappa shape index (κ3) is 3.20. The molecule has 0 fully saturated rings. The number of anilines is 2. The van der Waals surface area contributed by atoms with E-state index < -0.39 is 0 Å². The van der Waals surface area contributed by atoms with Gasteiger partial charge in [0.25, 0.3) is 0 Å². The normalized spacial score (nSPS) is 10.3. The molecule has 18 heavy (non-hydrogen) atoms. The number of nitrogens with zero attached hydrogens (tertiary/aromatic N) is 3. The van der Waals surface area contributed by atoms with Gasteiger partial charge in [-0.05, 0) is 18.9 Å². The Morgan fingerprint density at radius 1 is 1.17 bits per heavy atom. The van der Waals surface area contributed by atoms with Crippen molar-refractivity contribution in [2.45, 2.75) is 13.3 Å². The van der Waals surface area contributed by atoms with E-state index in [1.165, 1.54) is 5.56 Å². The highest BCUT2D eigenvalue weighted by atomic mass is 15.2. The van der Waals surface area contributed by atoms with Crippen LogP contribution in [0.15, 0.2) is 36.4 Å². The second kappa shape index (κ2) is 5.49. The Labute approximate surface area is 107 Å². The van der Waals surface area contributed by atoms with E-state index in [1.54, 1.807) is 6.07 Å². The molecule has 4 nitrogen and oxygen atoms in total. The van der Waals surface area contributed by atoms with Crippen LogP contribution in [-0.2, 0) is 6.42 Å². The van der Waals surface area contributed by atoms with Crippen molar-refractivity contribution < 1.29 is 0 Å². The van der Waals surface area contributed by atoms with Crippen molar-refractivity contribution in [1.29, 1.82) is 0 Å². The van der Waals surface area contributed by atoms with Crippen molar-refractivity contribution >= 4 is 11.6 Å². The molecule has 1 aromatic carbocycles. The summed E-state index contributed by atoms with van der Waals surface area (Å²) in [4.78, 5) is 10.6. The minimum Gasteiger partial charge on any atom is -0.384 e. The molecule has 0 unspecified atom stereocenters. The van der Waals surface area contributed by atoms with Gasteiger partial charge in [-0.1, -0.05) is 30.3 Å². The molecule has 2 N–H and O–H groups in total. The molecule has 0 bridgehead atoms. The molecule has 0 amide bonds. The maximum atomic E-state index is 5.73. The van der Waals surface area contributed by atoms with Crippen LogP contribution in [0.5, 0.6) is 0 Å². The van der Waals surface area contributed by atoms with Crippen molar-refractivity contribution in [1.82, 2.24) is 9.97 Å². The third-order valence-corrected chi connectivity index (χ3v) is 2.81. The zero-order chi connectivity index (χ0) is 13.0. The van der Waals surface area contributed by atoms with Gasteiger partial charge < -0.3 is 10.6 Å². The minimum absolute atomic E-state index is 0.518. The molecule has 2 aromatic rings. The molecule has 0 saturated carbocycles. The van der Waals surface area contributed by atoms with Crippen LogP contribution in [-0.4, -0.2) is 23.6 Å². The van der Waals surface area contributed by atoms with Gasteiger partial charge in [0.15, 0.2) is 0 Å². The third-order valence-electron chi connectivity index (χ3n) is 2.81. The van der Waals surface area contributed by atoms with E-state index in [2.05, 4.69) is 39.1 Å². The van der Waals surface area contributed by atoms with Gasteiger partial charge in [0.2, 0.25) is 0 Å². The second-order valence-electron chi connectivity index (χ2n) is 4.36. The number of hydrogen-bond acceptors (Lipinski definition) is 4. The molecule has 2 rings (SSSR count). The maximum Gasteiger partial charge on any atom is 0.134 e. The lowest BCUT2D eigenvalue weighted by atomic mass is 10.1. The molecule has 94 valence electrons. The van der Waals surface area contributed by atoms with E-state index in [4.69, 9.17) is 5.73 Å². The predicted octanol–water partition coefficient (Wildman–Crippen LogP) is 2.05. The minimum atomic E-state index is 0.518. The van der Waals surface area contributed by atoms with Crippen LogP contribution in [0.4, 0.5) is 11.6 Å². The lowest BCUT2D eigenvalue weighted by Crippen LogP contribution is -2.22. The number of likely N-dealkylation sites (N-methyl/N-ethyl adjacent to an activating group) is 1. The van der Waals surface area contributed by atoms with Crippen LogP contribution in [0.3, 0.4) is 0 Å². The second-order valence-corrected chi connectivity index (χ2v) is 4.36. The van der Waals surface area contributed by atoms with E-state index in [9.17, 15) is 0 Å². The average molecular weight is 242 g/mol. The van der Waals surface area contributed by atoms with Gasteiger partial charge in [-0.2, -0.15) is 0 Å². The van der Waals surface area contributed by atoms with Gasteiger partial charge in [0, 0.05) is 19.7 Å². The molecule has 0 aliphatic heterocycles. The van der Waals surface area contributed by atoms with Crippen molar-refractivity contribution in [2.24, 2.45) is 0 Å². The summed E-state index contributed by atoms with van der Waals surface area (Å²) in [6, 6.07) is 12.2. The molecule has 0 spiro atoms. The summed E-state index contributed by atoms with van der Waals surface area (Å²) in [5, 5.41) is 0. The van der Waals surface area contributed by atoms with Gasteiger partial charge in [-0.15, -0.1) is 0 Å². The van der Waals surface area contributed by atoms with E-state index >= 15 is 0 Å². The van der Waals surface area contributed by atoms with Crippen LogP contribution in [0.1, 0.15) is 11.4 Å². The number of aryl methyl sites for hydroxylation is 1. The van der Waals surface area contributed by atoms with E-state index in [0.717, 1.165) is 18.8 Å². The molecule has 1 aromatic heterocycles. The number of benzene rings is 1. The van der Waals surface area contributed by atoms with E-state index in [1.807, 2.05) is 20.0 Å². The molecular weight excluding hydrogens is 224 g/mol. The van der Waals surface area contributed by atoms with Crippen molar-refractivity contribution in [3.8, 4) is 0 Å². The van der Waals surface area contributed by atoms with Crippen molar-refractivity contribution in [3.05, 3.63) is 47.8 Å². The SMILES string of the molecule is Cc1nc(N)cc(N(C)CCc2ccccc2)n1. The Kier molecular flexibility index (Phi) is 3.77. The zero-order valence-corrected chi connectivity index (χ0v) is 10.8. The summed E-state index contributed by atoms with van der Waals surface area (Å²) >= 11 is 0. The quantitative estimate of drug-likeness (QED) is 0.891. The van der Waals surface area contributed by atoms with Crippen molar-refractivity contribution in [2.75, 3.05) is 24.2 Å². The molecule has 4 heteroatoms. The zero-order valence-electron chi connectivity index (χ0n) is 10.8. The Balaban J connectivity index is 2.01. The fraction of sp³-hybridized carbons (Fsp3) is 0.286. The number of nitrogens with two attached hydrogens (primary N) is 1. The van der Waals surface area contributed by atoms with Gasteiger partial charge in [-0.25, -0.2) is 9.97 Å². The van der Waals surface area contributed by atoms with Crippen LogP contribution in [0.25, 0.3) is 0 Å². The number of aromatic nitrogens is 2. The van der Waals surface area contributed by atoms with Crippen LogP contribution < -0.4 is 10.6 Å². The van der Waals surface area contributed by atoms with Crippen molar-refractivity contribution in [3.63, 3.8) is 0 Å². The first-order chi connectivity index (χ1) is 8.65. The Morgan fingerprint density at radius 3 is 2.56 bits per heavy atom. The molecule has 0 atom stereocenters. The summed E-state index contributed by atoms with van der Waals surface area (Å²) in [5.41, 5.74) is 7.05. The van der Waals surface area contributed by atoms with Crippen LogP contribution in [0, 0.1) is 6.92 Å². The highest BCUT2D eigenvalue weighted by Gasteiger charge is 2.05. The molecule has 0 saturated heterocycles. The standard InChI is InChI=1S/C14H18N4/c1-11-16-13(15)10-14(17-11)18(2)9-8-12-6-4-3-5-7-12/h3-7,10H,8-9H2,1-2H3,(H2,15,16,17). The van der Waals surface area contributed by atoms with E-state index in [-0.39, 0.29) is 0 Å².